The molecule has 0 unspecified atom stereocenters. The molecule has 0 aliphatic carbocycles. The van der Waals surface area contributed by atoms with E-state index in [4.69, 9.17) is 5.11 Å². The maximum absolute atomic E-state index is 9.54. The molecule has 0 bridgehead atoms. The summed E-state index contributed by atoms with van der Waals surface area (Å²) in [6.45, 7) is 0.0417. The van der Waals surface area contributed by atoms with Crippen molar-refractivity contribution in [3.05, 3.63) is 61.2 Å². The van der Waals surface area contributed by atoms with Crippen LogP contribution in [0, 0.1) is 0 Å². The van der Waals surface area contributed by atoms with Crippen LogP contribution >= 0.6 is 0 Å². The molecule has 0 aromatic carbocycles. The molecular formula is C13H17N3O2. The van der Waals surface area contributed by atoms with E-state index >= 15 is 0 Å². The normalized spacial score (nSPS) is 8.06. The molecule has 18 heavy (non-hydrogen) atoms. The number of likely N-dealkylation sites (N-methyl/N-ethyl adjacent to an activating group) is 1. The fraction of sp³-hybridized carbons (Fsp3) is 0.154. The Kier molecular flexibility index (Phi) is 11.2. The second kappa shape index (κ2) is 12.8. The Bertz CT molecular complexity index is 297. The monoisotopic (exact) mass is 247 g/mol. The van der Waals surface area contributed by atoms with Crippen molar-refractivity contribution >= 4 is 5.97 Å². The number of carbonyl (C=O) groups is 1. The van der Waals surface area contributed by atoms with Crippen LogP contribution in [0.25, 0.3) is 0 Å². The molecule has 0 atom stereocenters. The molecule has 5 nitrogen and oxygen atoms in total. The highest BCUT2D eigenvalue weighted by Gasteiger charge is 1.86. The molecule has 0 saturated heterocycles. The van der Waals surface area contributed by atoms with Crippen LogP contribution in [-0.2, 0) is 4.79 Å². The molecule has 0 saturated carbocycles. The predicted molar refractivity (Wildman–Crippen MR) is 70.0 cm³/mol. The number of nitrogens with one attached hydrogen (secondary N) is 1. The highest BCUT2D eigenvalue weighted by atomic mass is 16.4. The van der Waals surface area contributed by atoms with Crippen molar-refractivity contribution in [1.82, 2.24) is 15.3 Å². The molecule has 2 rings (SSSR count). The minimum Gasteiger partial charge on any atom is -0.480 e. The van der Waals surface area contributed by atoms with Crippen LogP contribution < -0.4 is 5.32 Å². The topological polar surface area (TPSA) is 75.1 Å². The van der Waals surface area contributed by atoms with Crippen molar-refractivity contribution in [2.24, 2.45) is 0 Å². The average molecular weight is 247 g/mol. The van der Waals surface area contributed by atoms with E-state index in [-0.39, 0.29) is 6.54 Å². The van der Waals surface area contributed by atoms with Gasteiger partial charge in [0.2, 0.25) is 0 Å². The molecule has 0 radical (unpaired) electrons. The summed E-state index contributed by atoms with van der Waals surface area (Å²) in [5.74, 6) is -0.822. The number of nitrogens with zero attached hydrogens (tertiary/aromatic N) is 2. The van der Waals surface area contributed by atoms with E-state index in [9.17, 15) is 4.79 Å². The van der Waals surface area contributed by atoms with Crippen LogP contribution in [0.2, 0.25) is 0 Å². The Balaban J connectivity index is 0.000000241. The quantitative estimate of drug-likeness (QED) is 0.840. The van der Waals surface area contributed by atoms with Gasteiger partial charge < -0.3 is 10.4 Å². The van der Waals surface area contributed by atoms with Crippen molar-refractivity contribution in [1.29, 1.82) is 0 Å². The second-order valence-electron chi connectivity index (χ2n) is 2.97. The Morgan fingerprint density at radius 2 is 1.33 bits per heavy atom. The van der Waals surface area contributed by atoms with Gasteiger partial charge in [-0.1, -0.05) is 12.1 Å². The van der Waals surface area contributed by atoms with Crippen LogP contribution in [0.4, 0.5) is 0 Å². The van der Waals surface area contributed by atoms with Crippen LogP contribution in [0.3, 0.4) is 0 Å². The number of hydrogen-bond donors (Lipinski definition) is 2. The van der Waals surface area contributed by atoms with Gasteiger partial charge in [-0.2, -0.15) is 0 Å². The first kappa shape index (κ1) is 15.7. The molecule has 0 spiro atoms. The fourth-order valence-electron chi connectivity index (χ4n) is 0.776. The summed E-state index contributed by atoms with van der Waals surface area (Å²) in [5, 5.41) is 10.3. The molecule has 5 heteroatoms. The van der Waals surface area contributed by atoms with Crippen molar-refractivity contribution in [3.8, 4) is 0 Å². The lowest BCUT2D eigenvalue weighted by Crippen LogP contribution is -2.16. The minimum absolute atomic E-state index is 0.0417. The smallest absolute Gasteiger partial charge is 0.317 e. The fourth-order valence-corrected chi connectivity index (χ4v) is 0.776. The van der Waals surface area contributed by atoms with E-state index in [2.05, 4.69) is 15.3 Å². The van der Waals surface area contributed by atoms with E-state index in [1.165, 1.54) is 0 Å². The van der Waals surface area contributed by atoms with E-state index in [1.54, 1.807) is 31.8 Å². The summed E-state index contributed by atoms with van der Waals surface area (Å²) in [6, 6.07) is 11.4. The number of carboxylic acid groups (broad SMARTS) is 1. The summed E-state index contributed by atoms with van der Waals surface area (Å²) in [5.41, 5.74) is 0. The van der Waals surface area contributed by atoms with Crippen molar-refractivity contribution < 1.29 is 9.90 Å². The van der Waals surface area contributed by atoms with Gasteiger partial charge in [0.05, 0.1) is 6.54 Å². The third kappa shape index (κ3) is 13.7. The first-order valence-electron chi connectivity index (χ1n) is 5.33. The second-order valence-corrected chi connectivity index (χ2v) is 2.97. The molecule has 96 valence electrons. The number of aliphatic carboxylic acids is 1. The Morgan fingerprint density at radius 1 is 0.944 bits per heavy atom. The van der Waals surface area contributed by atoms with Gasteiger partial charge in [0.15, 0.2) is 0 Å². The zero-order valence-corrected chi connectivity index (χ0v) is 10.2. The molecule has 0 aliphatic rings. The highest BCUT2D eigenvalue weighted by molar-refractivity contribution is 5.68. The SMILES string of the molecule is CNCC(=O)O.c1ccncc1.c1ccncc1. The van der Waals surface area contributed by atoms with Crippen molar-refractivity contribution in [2.75, 3.05) is 13.6 Å². The van der Waals surface area contributed by atoms with Gasteiger partial charge in [-0.15, -0.1) is 0 Å². The van der Waals surface area contributed by atoms with E-state index in [0.717, 1.165) is 0 Å². The van der Waals surface area contributed by atoms with Gasteiger partial charge in [-0.05, 0) is 31.3 Å². The standard InChI is InChI=1S/2C5H5N.C3H7NO2/c2*1-2-4-6-5-3-1;1-4-2-3(5)6/h2*1-5H;4H,2H2,1H3,(H,5,6). The number of carboxylic acids is 1. The lowest BCUT2D eigenvalue weighted by molar-refractivity contribution is -0.135. The summed E-state index contributed by atoms with van der Waals surface area (Å²) in [6.07, 6.45) is 7.00. The molecule has 0 aliphatic heterocycles. The molecule has 0 fully saturated rings. The largest absolute Gasteiger partial charge is 0.480 e. The molecule has 2 heterocycles. The summed E-state index contributed by atoms with van der Waals surface area (Å²) in [4.78, 5) is 17.1. The third-order valence-electron chi connectivity index (χ3n) is 1.46. The first-order chi connectivity index (χ1) is 8.77. The first-order valence-corrected chi connectivity index (χ1v) is 5.33. The van der Waals surface area contributed by atoms with Crippen LogP contribution in [0.15, 0.2) is 61.2 Å². The summed E-state index contributed by atoms with van der Waals surface area (Å²) < 4.78 is 0. The Hall–Kier alpha value is -2.27. The maximum atomic E-state index is 9.54. The van der Waals surface area contributed by atoms with E-state index in [1.807, 2.05) is 36.4 Å². The number of hydrogen-bond acceptors (Lipinski definition) is 4. The molecule has 2 N–H and O–H groups in total. The Morgan fingerprint density at radius 3 is 1.39 bits per heavy atom. The van der Waals surface area contributed by atoms with Gasteiger partial charge in [-0.25, -0.2) is 0 Å². The number of aromatic nitrogens is 2. The van der Waals surface area contributed by atoms with Gasteiger partial charge in [0, 0.05) is 24.8 Å². The van der Waals surface area contributed by atoms with Gasteiger partial charge in [0.25, 0.3) is 0 Å². The zero-order valence-electron chi connectivity index (χ0n) is 10.2. The lowest BCUT2D eigenvalue weighted by Gasteiger charge is -1.84. The molecule has 0 amide bonds. The molecule has 2 aromatic heterocycles. The lowest BCUT2D eigenvalue weighted by atomic mass is 10.5. The van der Waals surface area contributed by atoms with Crippen LogP contribution in [-0.4, -0.2) is 34.6 Å². The number of rotatable bonds is 2. The van der Waals surface area contributed by atoms with E-state index in [0.29, 0.717) is 0 Å². The minimum atomic E-state index is -0.822. The molecular weight excluding hydrogens is 230 g/mol. The predicted octanol–water partition coefficient (Wildman–Crippen LogP) is 1.45. The summed E-state index contributed by atoms with van der Waals surface area (Å²) in [7, 11) is 1.59. The van der Waals surface area contributed by atoms with E-state index < -0.39 is 5.97 Å². The summed E-state index contributed by atoms with van der Waals surface area (Å²) >= 11 is 0. The van der Waals surface area contributed by atoms with Crippen molar-refractivity contribution in [3.63, 3.8) is 0 Å². The van der Waals surface area contributed by atoms with Crippen molar-refractivity contribution in [2.45, 2.75) is 0 Å². The van der Waals surface area contributed by atoms with Gasteiger partial charge in [-0.3, -0.25) is 14.8 Å². The average Bonchev–Trinajstić information content (AvgIpc) is 2.44. The third-order valence-corrected chi connectivity index (χ3v) is 1.46. The van der Waals surface area contributed by atoms with Crippen LogP contribution in [0.1, 0.15) is 0 Å². The highest BCUT2D eigenvalue weighted by Crippen LogP contribution is 1.74. The van der Waals surface area contributed by atoms with Gasteiger partial charge in [0.1, 0.15) is 0 Å². The maximum Gasteiger partial charge on any atom is 0.317 e. The van der Waals surface area contributed by atoms with Gasteiger partial charge >= 0.3 is 5.97 Å². The number of pyridine rings is 2. The Labute approximate surface area is 107 Å². The zero-order chi connectivity index (χ0) is 13.5. The van der Waals surface area contributed by atoms with Crippen LogP contribution in [0.5, 0.6) is 0 Å². The molecule has 2 aromatic rings.